The molecule has 1 aliphatic heterocycles. The molecule has 0 aliphatic carbocycles. The molecule has 3 rings (SSSR count). The van der Waals surface area contributed by atoms with Crippen LogP contribution in [0.5, 0.6) is 0 Å². The predicted molar refractivity (Wildman–Crippen MR) is 138 cm³/mol. The van der Waals surface area contributed by atoms with Gasteiger partial charge in [-0.15, -0.1) is 0 Å². The van der Waals surface area contributed by atoms with Crippen LogP contribution in [0, 0.1) is 11.7 Å². The van der Waals surface area contributed by atoms with Crippen LogP contribution in [0.3, 0.4) is 0 Å². The van der Waals surface area contributed by atoms with Crippen molar-refractivity contribution in [3.63, 3.8) is 0 Å². The number of benzene rings is 2. The minimum Gasteiger partial charge on any atom is -0.377 e. The lowest BCUT2D eigenvalue weighted by Crippen LogP contribution is -2.33. The molecule has 1 fully saturated rings. The summed E-state index contributed by atoms with van der Waals surface area (Å²) in [5.74, 6) is 0.401. The third-order valence-corrected chi connectivity index (χ3v) is 6.58. The summed E-state index contributed by atoms with van der Waals surface area (Å²) < 4.78 is 13.2. The van der Waals surface area contributed by atoms with Crippen molar-refractivity contribution in [1.82, 2.24) is 4.90 Å². The maximum atomic E-state index is 13.2. The highest BCUT2D eigenvalue weighted by molar-refractivity contribution is 6.32. The zero-order valence-electron chi connectivity index (χ0n) is 19.1. The molecule has 0 N–H and O–H groups in total. The van der Waals surface area contributed by atoms with E-state index in [1.165, 1.54) is 17.7 Å². The third kappa shape index (κ3) is 5.34. The molecule has 0 bridgehead atoms. The second-order valence-corrected chi connectivity index (χ2v) is 9.07. The molecule has 4 heteroatoms. The number of likely N-dealkylation sites (tertiary alicyclic amines) is 1. The average Bonchev–Trinajstić information content (AvgIpc) is 2.79. The number of anilines is 1. The molecule has 1 aliphatic rings. The molecule has 2 aromatic carbocycles. The number of halogens is 2. The Balaban J connectivity index is 1.76. The maximum Gasteiger partial charge on any atom is 0.123 e. The molecule has 0 aromatic heterocycles. The fourth-order valence-corrected chi connectivity index (χ4v) is 4.49. The Kier molecular flexibility index (Phi) is 7.63. The van der Waals surface area contributed by atoms with Gasteiger partial charge in [-0.2, -0.15) is 0 Å². The molecule has 1 saturated heterocycles. The standard InChI is InChI=1S/C28H32ClFN2/c1-7-19(2)20(3)25-17-26(27(29)18-28(25)31(5)6)21(4)32-14-12-23(13-15-32)16-22-8-10-24(30)11-9-22/h7-11,17-18,23H,1-4,12-16H2,5-6H3. The van der Waals surface area contributed by atoms with Gasteiger partial charge in [0.1, 0.15) is 5.82 Å². The normalized spacial score (nSPS) is 14.2. The van der Waals surface area contributed by atoms with E-state index in [4.69, 9.17) is 11.6 Å². The van der Waals surface area contributed by atoms with E-state index in [1.807, 2.05) is 37.2 Å². The lowest BCUT2D eigenvalue weighted by Gasteiger charge is -2.35. The van der Waals surface area contributed by atoms with Gasteiger partial charge in [0.25, 0.3) is 0 Å². The molecule has 0 spiro atoms. The van der Waals surface area contributed by atoms with Crippen LogP contribution in [0.4, 0.5) is 10.1 Å². The average molecular weight is 451 g/mol. The highest BCUT2D eigenvalue weighted by Crippen LogP contribution is 2.38. The van der Waals surface area contributed by atoms with Crippen LogP contribution >= 0.6 is 11.6 Å². The Morgan fingerprint density at radius 3 is 2.28 bits per heavy atom. The lowest BCUT2D eigenvalue weighted by molar-refractivity contribution is 0.254. The Morgan fingerprint density at radius 1 is 1.09 bits per heavy atom. The van der Waals surface area contributed by atoms with E-state index in [-0.39, 0.29) is 5.82 Å². The number of hydrogen-bond acceptors (Lipinski definition) is 2. The summed E-state index contributed by atoms with van der Waals surface area (Å²) in [4.78, 5) is 4.34. The first kappa shape index (κ1) is 23.9. The van der Waals surface area contributed by atoms with Gasteiger partial charge in [0.05, 0.1) is 5.02 Å². The molecule has 168 valence electrons. The van der Waals surface area contributed by atoms with E-state index in [1.54, 1.807) is 6.08 Å². The summed E-state index contributed by atoms with van der Waals surface area (Å²) >= 11 is 6.71. The number of hydrogen-bond donors (Lipinski definition) is 0. The largest absolute Gasteiger partial charge is 0.377 e. The molecule has 0 unspecified atom stereocenters. The zero-order chi connectivity index (χ0) is 23.4. The summed E-state index contributed by atoms with van der Waals surface area (Å²) in [5.41, 5.74) is 6.61. The second kappa shape index (κ2) is 10.2. The summed E-state index contributed by atoms with van der Waals surface area (Å²) in [6.07, 6.45) is 4.83. The summed E-state index contributed by atoms with van der Waals surface area (Å²) in [5, 5.41) is 0.674. The van der Waals surface area contributed by atoms with Gasteiger partial charge in [-0.3, -0.25) is 0 Å². The quantitative estimate of drug-likeness (QED) is 0.391. The first-order valence-corrected chi connectivity index (χ1v) is 11.3. The van der Waals surface area contributed by atoms with Crippen molar-refractivity contribution in [2.45, 2.75) is 19.3 Å². The maximum absolute atomic E-state index is 13.2. The van der Waals surface area contributed by atoms with Gasteiger partial charge in [-0.1, -0.05) is 56.1 Å². The van der Waals surface area contributed by atoms with Crippen molar-refractivity contribution in [2.75, 3.05) is 32.1 Å². The van der Waals surface area contributed by atoms with Gasteiger partial charge >= 0.3 is 0 Å². The minimum absolute atomic E-state index is 0.184. The smallest absolute Gasteiger partial charge is 0.123 e. The van der Waals surface area contributed by atoms with E-state index >= 15 is 0 Å². The van der Waals surface area contributed by atoms with Crippen LogP contribution < -0.4 is 4.90 Å². The van der Waals surface area contributed by atoms with Crippen LogP contribution in [0.1, 0.15) is 29.5 Å². The van der Waals surface area contributed by atoms with Crippen molar-refractivity contribution in [2.24, 2.45) is 5.92 Å². The van der Waals surface area contributed by atoms with Gasteiger partial charge in [0, 0.05) is 49.7 Å². The fourth-order valence-electron chi connectivity index (χ4n) is 4.22. The first-order chi connectivity index (χ1) is 15.2. The van der Waals surface area contributed by atoms with Crippen LogP contribution in [-0.4, -0.2) is 32.1 Å². The SMILES string of the molecule is C=CC(=C)C(=C)c1cc(C(=C)N2CCC(Cc3ccc(F)cc3)CC2)c(Cl)cc1N(C)C. The monoisotopic (exact) mass is 450 g/mol. The number of nitrogens with zero attached hydrogens (tertiary/aromatic N) is 2. The molecule has 2 aromatic rings. The van der Waals surface area contributed by atoms with Gasteiger partial charge in [-0.05, 0) is 66.2 Å². The Hall–Kier alpha value is -2.78. The van der Waals surface area contributed by atoms with Crippen LogP contribution in [0.15, 0.2) is 74.4 Å². The van der Waals surface area contributed by atoms with Crippen LogP contribution in [0.25, 0.3) is 11.3 Å². The molecule has 0 radical (unpaired) electrons. The van der Waals surface area contributed by atoms with Gasteiger partial charge < -0.3 is 9.80 Å². The molecule has 2 nitrogen and oxygen atoms in total. The topological polar surface area (TPSA) is 6.48 Å². The summed E-state index contributed by atoms with van der Waals surface area (Å²) in [7, 11) is 3.97. The Morgan fingerprint density at radius 2 is 1.72 bits per heavy atom. The van der Waals surface area contributed by atoms with E-state index in [0.29, 0.717) is 10.9 Å². The Labute approximate surface area is 197 Å². The zero-order valence-corrected chi connectivity index (χ0v) is 19.9. The van der Waals surface area contributed by atoms with Crippen molar-refractivity contribution >= 4 is 28.6 Å². The summed E-state index contributed by atoms with van der Waals surface area (Å²) in [6, 6.07) is 10.9. The minimum atomic E-state index is -0.184. The molecule has 32 heavy (non-hydrogen) atoms. The molecular formula is C28H32ClFN2. The van der Waals surface area contributed by atoms with Gasteiger partial charge in [-0.25, -0.2) is 4.39 Å². The van der Waals surface area contributed by atoms with Crippen LogP contribution in [-0.2, 0) is 6.42 Å². The first-order valence-electron chi connectivity index (χ1n) is 10.9. The van der Waals surface area contributed by atoms with Crippen LogP contribution in [0.2, 0.25) is 5.02 Å². The van der Waals surface area contributed by atoms with Crippen molar-refractivity contribution < 1.29 is 4.39 Å². The predicted octanol–water partition coefficient (Wildman–Crippen LogP) is 7.23. The van der Waals surface area contributed by atoms with E-state index in [0.717, 1.165) is 66.0 Å². The van der Waals surface area contributed by atoms with E-state index < -0.39 is 0 Å². The lowest BCUT2D eigenvalue weighted by atomic mass is 9.89. The van der Waals surface area contributed by atoms with Crippen molar-refractivity contribution in [1.29, 1.82) is 0 Å². The highest BCUT2D eigenvalue weighted by Gasteiger charge is 2.23. The third-order valence-electron chi connectivity index (χ3n) is 6.27. The molecule has 0 saturated carbocycles. The second-order valence-electron chi connectivity index (χ2n) is 8.66. The molecule has 1 heterocycles. The summed E-state index contributed by atoms with van der Waals surface area (Å²) in [6.45, 7) is 18.3. The molecule has 0 atom stereocenters. The molecular weight excluding hydrogens is 419 g/mol. The van der Waals surface area contributed by atoms with E-state index in [2.05, 4.69) is 37.3 Å². The van der Waals surface area contributed by atoms with E-state index in [9.17, 15) is 4.39 Å². The Bertz CT molecular complexity index is 1030. The van der Waals surface area contributed by atoms with Crippen molar-refractivity contribution in [3.05, 3.63) is 102 Å². The van der Waals surface area contributed by atoms with Gasteiger partial charge in [0.15, 0.2) is 0 Å². The number of rotatable bonds is 8. The van der Waals surface area contributed by atoms with Gasteiger partial charge in [0.2, 0.25) is 0 Å². The number of piperidine rings is 1. The highest BCUT2D eigenvalue weighted by atomic mass is 35.5. The fraction of sp³-hybridized carbons (Fsp3) is 0.286. The number of allylic oxidation sites excluding steroid dienone is 3. The molecule has 0 amide bonds. The van der Waals surface area contributed by atoms with Crippen molar-refractivity contribution in [3.8, 4) is 0 Å².